The van der Waals surface area contributed by atoms with Crippen molar-refractivity contribution >= 4 is 17.8 Å². The molecule has 0 atom stereocenters. The lowest BCUT2D eigenvalue weighted by atomic mass is 10.3. The van der Waals surface area contributed by atoms with Gasteiger partial charge < -0.3 is 4.74 Å². The molecule has 1 aromatic rings. The number of carbonyl (C=O) groups is 3. The van der Waals surface area contributed by atoms with Gasteiger partial charge >= 0.3 is 5.97 Å². The average Bonchev–Trinajstić information content (AvgIpc) is 2.56. The van der Waals surface area contributed by atoms with E-state index in [2.05, 4.69) is 14.7 Å². The van der Waals surface area contributed by atoms with Crippen molar-refractivity contribution in [2.75, 3.05) is 13.2 Å². The molecular formula is C10H9N3O4. The number of aromatic nitrogens is 2. The maximum absolute atomic E-state index is 11.7. The minimum atomic E-state index is -0.637. The second-order valence-corrected chi connectivity index (χ2v) is 3.26. The summed E-state index contributed by atoms with van der Waals surface area (Å²) in [6, 6.07) is 0. The van der Waals surface area contributed by atoms with Crippen molar-refractivity contribution in [2.24, 2.45) is 0 Å². The standard InChI is InChI=1S/C10H9N3O4/c1-2-17-6(14)5-13-9(15)7-8(10(13)16)12-4-3-11-7/h3-4H,2,5H2,1H3. The SMILES string of the molecule is CCOC(=O)CN1C(=O)c2nccnc2C1=O. The van der Waals surface area contributed by atoms with Crippen molar-refractivity contribution in [1.29, 1.82) is 0 Å². The average molecular weight is 235 g/mol. The number of amides is 2. The molecule has 0 saturated heterocycles. The van der Waals surface area contributed by atoms with Gasteiger partial charge in [-0.2, -0.15) is 0 Å². The van der Waals surface area contributed by atoms with Crippen LogP contribution in [0.15, 0.2) is 12.4 Å². The normalized spacial score (nSPS) is 13.8. The molecule has 0 aromatic carbocycles. The first-order chi connectivity index (χ1) is 8.15. The Morgan fingerprint density at radius 3 is 2.24 bits per heavy atom. The Morgan fingerprint density at radius 1 is 1.24 bits per heavy atom. The maximum atomic E-state index is 11.7. The molecule has 0 bridgehead atoms. The molecule has 1 aromatic heterocycles. The van der Waals surface area contributed by atoms with Gasteiger partial charge in [0.05, 0.1) is 6.61 Å². The third kappa shape index (κ3) is 1.86. The minimum Gasteiger partial charge on any atom is -0.465 e. The van der Waals surface area contributed by atoms with E-state index in [1.807, 2.05) is 0 Å². The summed E-state index contributed by atoms with van der Waals surface area (Å²) in [5, 5.41) is 0. The van der Waals surface area contributed by atoms with E-state index in [1.54, 1.807) is 6.92 Å². The van der Waals surface area contributed by atoms with Crippen LogP contribution in [0.2, 0.25) is 0 Å². The fraction of sp³-hybridized carbons (Fsp3) is 0.300. The second-order valence-electron chi connectivity index (χ2n) is 3.26. The highest BCUT2D eigenvalue weighted by Gasteiger charge is 2.39. The molecule has 0 aliphatic carbocycles. The van der Waals surface area contributed by atoms with Gasteiger partial charge in [0.25, 0.3) is 11.8 Å². The summed E-state index contributed by atoms with van der Waals surface area (Å²) in [4.78, 5) is 43.0. The van der Waals surface area contributed by atoms with Crippen LogP contribution in [0.5, 0.6) is 0 Å². The Kier molecular flexibility index (Phi) is 2.82. The Balaban J connectivity index is 2.22. The number of fused-ring (bicyclic) bond motifs is 1. The molecule has 2 heterocycles. The number of rotatable bonds is 3. The van der Waals surface area contributed by atoms with Crippen LogP contribution in [0, 0.1) is 0 Å². The number of nitrogens with zero attached hydrogens (tertiary/aromatic N) is 3. The summed E-state index contributed by atoms with van der Waals surface area (Å²) < 4.78 is 4.67. The van der Waals surface area contributed by atoms with Gasteiger partial charge in [0, 0.05) is 12.4 Å². The van der Waals surface area contributed by atoms with Crippen molar-refractivity contribution in [1.82, 2.24) is 14.9 Å². The highest BCUT2D eigenvalue weighted by Crippen LogP contribution is 2.17. The predicted molar refractivity (Wildman–Crippen MR) is 54.0 cm³/mol. The van der Waals surface area contributed by atoms with Crippen molar-refractivity contribution in [3.8, 4) is 0 Å². The van der Waals surface area contributed by atoms with Gasteiger partial charge in [-0.15, -0.1) is 0 Å². The topological polar surface area (TPSA) is 89.5 Å². The van der Waals surface area contributed by atoms with Gasteiger partial charge in [0.15, 0.2) is 11.4 Å². The Labute approximate surface area is 96.4 Å². The molecule has 0 unspecified atom stereocenters. The Bertz CT molecular complexity index is 465. The molecule has 7 nitrogen and oxygen atoms in total. The monoisotopic (exact) mass is 235 g/mol. The van der Waals surface area contributed by atoms with Crippen molar-refractivity contribution in [3.05, 3.63) is 23.8 Å². The quantitative estimate of drug-likeness (QED) is 0.524. The molecule has 17 heavy (non-hydrogen) atoms. The molecule has 2 amide bonds. The van der Waals surface area contributed by atoms with Crippen LogP contribution in [0.1, 0.15) is 27.9 Å². The second kappa shape index (κ2) is 4.28. The van der Waals surface area contributed by atoms with Gasteiger partial charge in [-0.3, -0.25) is 19.3 Å². The van der Waals surface area contributed by atoms with Crippen LogP contribution < -0.4 is 0 Å². The first-order valence-corrected chi connectivity index (χ1v) is 4.98. The lowest BCUT2D eigenvalue weighted by Gasteiger charge is -2.11. The van der Waals surface area contributed by atoms with Crippen LogP contribution in [0.3, 0.4) is 0 Å². The zero-order valence-electron chi connectivity index (χ0n) is 9.04. The Hall–Kier alpha value is -2.31. The zero-order valence-corrected chi connectivity index (χ0v) is 9.04. The molecule has 2 rings (SSSR count). The van der Waals surface area contributed by atoms with Crippen molar-refractivity contribution < 1.29 is 19.1 Å². The first-order valence-electron chi connectivity index (χ1n) is 4.98. The van der Waals surface area contributed by atoms with E-state index in [1.165, 1.54) is 12.4 Å². The molecule has 0 N–H and O–H groups in total. The van der Waals surface area contributed by atoms with E-state index in [9.17, 15) is 14.4 Å². The Morgan fingerprint density at radius 2 is 1.76 bits per heavy atom. The number of esters is 1. The molecular weight excluding hydrogens is 226 g/mol. The van der Waals surface area contributed by atoms with Crippen LogP contribution in [0.25, 0.3) is 0 Å². The largest absolute Gasteiger partial charge is 0.465 e. The van der Waals surface area contributed by atoms with Gasteiger partial charge in [-0.25, -0.2) is 9.97 Å². The van der Waals surface area contributed by atoms with E-state index < -0.39 is 24.3 Å². The molecule has 0 spiro atoms. The lowest BCUT2D eigenvalue weighted by molar-refractivity contribution is -0.143. The summed E-state index contributed by atoms with van der Waals surface area (Å²) in [5.74, 6) is -1.88. The summed E-state index contributed by atoms with van der Waals surface area (Å²) in [6.07, 6.45) is 2.63. The number of hydrogen-bond acceptors (Lipinski definition) is 6. The number of ether oxygens (including phenoxy) is 1. The van der Waals surface area contributed by atoms with Gasteiger partial charge in [0.1, 0.15) is 6.54 Å². The molecule has 1 aliphatic rings. The van der Waals surface area contributed by atoms with E-state index >= 15 is 0 Å². The van der Waals surface area contributed by atoms with Crippen LogP contribution in [0.4, 0.5) is 0 Å². The van der Waals surface area contributed by atoms with Crippen LogP contribution >= 0.6 is 0 Å². The smallest absolute Gasteiger partial charge is 0.326 e. The van der Waals surface area contributed by atoms with E-state index in [4.69, 9.17) is 0 Å². The fourth-order valence-corrected chi connectivity index (χ4v) is 1.48. The third-order valence-electron chi connectivity index (χ3n) is 2.19. The predicted octanol–water partition coefficient (Wildman–Crippen LogP) is -0.364. The molecule has 7 heteroatoms. The summed E-state index contributed by atoms with van der Waals surface area (Å²) in [6.45, 7) is 1.42. The minimum absolute atomic E-state index is 0.0261. The third-order valence-corrected chi connectivity index (χ3v) is 2.19. The van der Waals surface area contributed by atoms with Crippen LogP contribution in [-0.4, -0.2) is 45.8 Å². The maximum Gasteiger partial charge on any atom is 0.326 e. The molecule has 0 radical (unpaired) electrons. The van der Waals surface area contributed by atoms with E-state index in [-0.39, 0.29) is 18.0 Å². The first kappa shape index (κ1) is 11.2. The van der Waals surface area contributed by atoms with E-state index in [0.29, 0.717) is 0 Å². The zero-order chi connectivity index (χ0) is 12.4. The van der Waals surface area contributed by atoms with Gasteiger partial charge in [-0.1, -0.05) is 0 Å². The van der Waals surface area contributed by atoms with E-state index in [0.717, 1.165) is 4.90 Å². The molecule has 88 valence electrons. The highest BCUT2D eigenvalue weighted by atomic mass is 16.5. The fourth-order valence-electron chi connectivity index (χ4n) is 1.48. The van der Waals surface area contributed by atoms with Crippen LogP contribution in [-0.2, 0) is 9.53 Å². The number of hydrogen-bond donors (Lipinski definition) is 0. The van der Waals surface area contributed by atoms with Crippen molar-refractivity contribution in [2.45, 2.75) is 6.92 Å². The number of imide groups is 1. The van der Waals surface area contributed by atoms with Gasteiger partial charge in [-0.05, 0) is 6.92 Å². The number of carbonyl (C=O) groups excluding carboxylic acids is 3. The lowest BCUT2D eigenvalue weighted by Crippen LogP contribution is -2.35. The van der Waals surface area contributed by atoms with Crippen molar-refractivity contribution in [3.63, 3.8) is 0 Å². The summed E-state index contributed by atoms with van der Waals surface area (Å²) >= 11 is 0. The molecule has 0 saturated carbocycles. The van der Waals surface area contributed by atoms with Gasteiger partial charge in [0.2, 0.25) is 0 Å². The highest BCUT2D eigenvalue weighted by molar-refractivity contribution is 6.20. The molecule has 0 fully saturated rings. The molecule has 1 aliphatic heterocycles. The summed E-state index contributed by atoms with van der Waals surface area (Å²) in [5.41, 5.74) is -0.0522. The summed E-state index contributed by atoms with van der Waals surface area (Å²) in [7, 11) is 0.